The third-order valence-corrected chi connectivity index (χ3v) is 3.92. The summed E-state index contributed by atoms with van der Waals surface area (Å²) in [6.07, 6.45) is 0. The maximum atomic E-state index is 11.6. The van der Waals surface area contributed by atoms with Crippen molar-refractivity contribution in [3.05, 3.63) is 59.9 Å². The fraction of sp³-hybridized carbons (Fsp3) is 0.111. The third kappa shape index (κ3) is 2.28. The normalized spacial score (nSPS) is 11.1. The first kappa shape index (κ1) is 14.3. The Morgan fingerprint density at radius 2 is 1.92 bits per heavy atom. The number of benzene rings is 2. The van der Waals surface area contributed by atoms with Gasteiger partial charge in [-0.25, -0.2) is 4.98 Å². The van der Waals surface area contributed by atoms with E-state index >= 15 is 0 Å². The summed E-state index contributed by atoms with van der Waals surface area (Å²) >= 11 is 0. The van der Waals surface area contributed by atoms with Gasteiger partial charge in [0, 0.05) is 11.3 Å². The highest BCUT2D eigenvalue weighted by atomic mass is 16.1. The lowest BCUT2D eigenvalue weighted by Gasteiger charge is -2.10. The summed E-state index contributed by atoms with van der Waals surface area (Å²) in [5, 5.41) is 11.7. The fourth-order valence-electron chi connectivity index (χ4n) is 2.76. The van der Waals surface area contributed by atoms with Crippen LogP contribution in [0.25, 0.3) is 16.7 Å². The zero-order valence-corrected chi connectivity index (χ0v) is 13.3. The number of Topliss-reactive ketones (excluding diaryl/α,β-unsaturated/α-hetero) is 1. The van der Waals surface area contributed by atoms with E-state index < -0.39 is 0 Å². The minimum Gasteiger partial charge on any atom is -0.337 e. The Hall–Kier alpha value is -3.28. The Labute approximate surface area is 138 Å². The molecule has 0 fully saturated rings. The molecule has 2 aromatic carbocycles. The van der Waals surface area contributed by atoms with Gasteiger partial charge < -0.3 is 5.32 Å². The van der Waals surface area contributed by atoms with Crippen LogP contribution in [0.3, 0.4) is 0 Å². The molecule has 0 aliphatic heterocycles. The fourth-order valence-corrected chi connectivity index (χ4v) is 2.76. The summed E-state index contributed by atoms with van der Waals surface area (Å²) in [6.45, 7) is 3.46. The Bertz CT molecular complexity index is 1080. The molecular weight excluding hydrogens is 302 g/mol. The monoisotopic (exact) mass is 317 g/mol. The van der Waals surface area contributed by atoms with Crippen LogP contribution >= 0.6 is 0 Å². The first-order valence-electron chi connectivity index (χ1n) is 7.62. The van der Waals surface area contributed by atoms with Crippen molar-refractivity contribution in [2.75, 3.05) is 5.32 Å². The van der Waals surface area contributed by atoms with E-state index in [4.69, 9.17) is 0 Å². The predicted molar refractivity (Wildman–Crippen MR) is 92.8 cm³/mol. The number of rotatable bonds is 3. The molecule has 0 saturated carbocycles. The zero-order valence-electron chi connectivity index (χ0n) is 13.3. The number of aryl methyl sites for hydroxylation is 1. The Morgan fingerprint density at radius 3 is 2.75 bits per heavy atom. The molecule has 24 heavy (non-hydrogen) atoms. The van der Waals surface area contributed by atoms with Gasteiger partial charge in [-0.2, -0.15) is 0 Å². The average Bonchev–Trinajstić information content (AvgIpc) is 2.98. The highest BCUT2D eigenvalue weighted by Crippen LogP contribution is 2.24. The number of nitrogens with zero attached hydrogens (tertiary/aromatic N) is 4. The van der Waals surface area contributed by atoms with Crippen LogP contribution in [0.2, 0.25) is 0 Å². The lowest BCUT2D eigenvalue weighted by Crippen LogP contribution is -2.02. The number of nitrogens with one attached hydrogen (secondary N) is 1. The van der Waals surface area contributed by atoms with E-state index in [9.17, 15) is 4.79 Å². The van der Waals surface area contributed by atoms with Crippen LogP contribution in [0.1, 0.15) is 23.1 Å². The number of para-hydroxylation sites is 2. The van der Waals surface area contributed by atoms with Crippen LogP contribution in [-0.2, 0) is 0 Å². The van der Waals surface area contributed by atoms with Gasteiger partial charge in [0.25, 0.3) is 0 Å². The lowest BCUT2D eigenvalue weighted by atomic mass is 10.1. The number of ketones is 1. The van der Waals surface area contributed by atoms with Gasteiger partial charge in [0.05, 0.1) is 11.0 Å². The van der Waals surface area contributed by atoms with Crippen molar-refractivity contribution in [1.82, 2.24) is 19.6 Å². The largest absolute Gasteiger partial charge is 0.337 e. The summed E-state index contributed by atoms with van der Waals surface area (Å²) < 4.78 is 1.97. The highest BCUT2D eigenvalue weighted by Gasteiger charge is 2.13. The number of hydrogen-bond acceptors (Lipinski definition) is 5. The topological polar surface area (TPSA) is 72.2 Å². The molecule has 1 N–H and O–H groups in total. The van der Waals surface area contributed by atoms with Gasteiger partial charge in [-0.15, -0.1) is 10.2 Å². The van der Waals surface area contributed by atoms with E-state index in [1.165, 1.54) is 0 Å². The second-order valence-electron chi connectivity index (χ2n) is 5.62. The predicted octanol–water partition coefficient (Wildman–Crippen LogP) is 3.53. The molecule has 6 heteroatoms. The Balaban J connectivity index is 1.90. The molecule has 4 rings (SSSR count). The van der Waals surface area contributed by atoms with Gasteiger partial charge in [-0.3, -0.25) is 9.20 Å². The first-order valence-corrected chi connectivity index (χ1v) is 7.62. The molecule has 0 amide bonds. The number of carbonyl (C=O) groups excluding carboxylic acids is 1. The van der Waals surface area contributed by atoms with Crippen LogP contribution < -0.4 is 5.32 Å². The summed E-state index contributed by atoms with van der Waals surface area (Å²) in [4.78, 5) is 16.2. The van der Waals surface area contributed by atoms with E-state index in [1.54, 1.807) is 19.1 Å². The van der Waals surface area contributed by atoms with Gasteiger partial charge in [-0.1, -0.05) is 24.3 Å². The minimum absolute atomic E-state index is 0.0218. The molecule has 2 aromatic heterocycles. The Morgan fingerprint density at radius 1 is 1.08 bits per heavy atom. The summed E-state index contributed by atoms with van der Waals surface area (Å²) in [5.41, 5.74) is 3.89. The van der Waals surface area contributed by atoms with Gasteiger partial charge in [0.15, 0.2) is 11.6 Å². The standard InChI is InChI=1S/C18H15N5O/c1-11(24)13-6-5-7-14(10-13)19-17-18-22-21-12(2)23(18)16-9-4-3-8-15(16)20-17/h3-10H,1-2H3,(H,19,20). The highest BCUT2D eigenvalue weighted by molar-refractivity contribution is 5.95. The van der Waals surface area contributed by atoms with Gasteiger partial charge in [0.1, 0.15) is 5.82 Å². The number of fused-ring (bicyclic) bond motifs is 3. The van der Waals surface area contributed by atoms with Crippen molar-refractivity contribution >= 4 is 34.0 Å². The van der Waals surface area contributed by atoms with E-state index in [-0.39, 0.29) is 5.78 Å². The van der Waals surface area contributed by atoms with E-state index in [0.717, 1.165) is 22.5 Å². The van der Waals surface area contributed by atoms with Crippen molar-refractivity contribution in [1.29, 1.82) is 0 Å². The van der Waals surface area contributed by atoms with Crippen molar-refractivity contribution in [2.45, 2.75) is 13.8 Å². The van der Waals surface area contributed by atoms with Crippen LogP contribution in [0.5, 0.6) is 0 Å². The molecule has 4 aromatic rings. The van der Waals surface area contributed by atoms with E-state index in [2.05, 4.69) is 20.5 Å². The van der Waals surface area contributed by atoms with Gasteiger partial charge in [-0.05, 0) is 38.1 Å². The first-order chi connectivity index (χ1) is 11.6. The molecule has 0 atom stereocenters. The van der Waals surface area contributed by atoms with Crippen molar-refractivity contribution in [2.24, 2.45) is 0 Å². The Kier molecular flexibility index (Phi) is 3.23. The average molecular weight is 317 g/mol. The smallest absolute Gasteiger partial charge is 0.204 e. The molecule has 0 spiro atoms. The quantitative estimate of drug-likeness (QED) is 0.585. The van der Waals surface area contributed by atoms with E-state index in [0.29, 0.717) is 17.0 Å². The molecule has 0 saturated heterocycles. The second-order valence-corrected chi connectivity index (χ2v) is 5.62. The molecule has 0 bridgehead atoms. The number of anilines is 2. The lowest BCUT2D eigenvalue weighted by molar-refractivity contribution is 0.101. The van der Waals surface area contributed by atoms with Gasteiger partial charge >= 0.3 is 0 Å². The van der Waals surface area contributed by atoms with E-state index in [1.807, 2.05) is 47.7 Å². The summed E-state index contributed by atoms with van der Waals surface area (Å²) in [7, 11) is 0. The van der Waals surface area contributed by atoms with Crippen LogP contribution in [-0.4, -0.2) is 25.4 Å². The minimum atomic E-state index is 0.0218. The molecule has 6 nitrogen and oxygen atoms in total. The molecule has 0 unspecified atom stereocenters. The van der Waals surface area contributed by atoms with Crippen molar-refractivity contribution in [3.8, 4) is 0 Å². The maximum Gasteiger partial charge on any atom is 0.204 e. The van der Waals surface area contributed by atoms with Crippen molar-refractivity contribution in [3.63, 3.8) is 0 Å². The SMILES string of the molecule is CC(=O)c1cccc(Nc2nc3ccccc3n3c(C)nnc23)c1. The summed E-state index contributed by atoms with van der Waals surface area (Å²) in [5.74, 6) is 1.42. The molecule has 0 aliphatic carbocycles. The zero-order chi connectivity index (χ0) is 16.7. The van der Waals surface area contributed by atoms with Crippen LogP contribution in [0, 0.1) is 6.92 Å². The number of carbonyl (C=O) groups is 1. The molecule has 2 heterocycles. The molecule has 118 valence electrons. The van der Waals surface area contributed by atoms with Crippen LogP contribution in [0.4, 0.5) is 11.5 Å². The number of aromatic nitrogens is 4. The van der Waals surface area contributed by atoms with Crippen molar-refractivity contribution < 1.29 is 4.79 Å². The number of hydrogen-bond donors (Lipinski definition) is 1. The van der Waals surface area contributed by atoms with Crippen LogP contribution in [0.15, 0.2) is 48.5 Å². The molecular formula is C18H15N5O. The molecule has 0 aliphatic rings. The van der Waals surface area contributed by atoms with Gasteiger partial charge in [0.2, 0.25) is 5.65 Å². The summed E-state index contributed by atoms with van der Waals surface area (Å²) in [6, 6.07) is 15.2. The third-order valence-electron chi connectivity index (χ3n) is 3.92. The second kappa shape index (κ2) is 5.42. The maximum absolute atomic E-state index is 11.6. The molecule has 0 radical (unpaired) electrons.